The SMILES string of the molecule is Cc1nc(CN2C[C@H]3C[C@@H](C2)[C@H](Cc2ccccc2)N2C(=O)CCC[C@@H]32)cc(=O)[nH]1. The lowest BCUT2D eigenvalue weighted by Crippen LogP contribution is -2.65. The topological polar surface area (TPSA) is 69.3 Å². The average molecular weight is 407 g/mol. The van der Waals surface area contributed by atoms with Gasteiger partial charge in [0.25, 0.3) is 5.56 Å². The number of aromatic nitrogens is 2. The van der Waals surface area contributed by atoms with E-state index in [1.165, 1.54) is 12.0 Å². The molecule has 1 N–H and O–H groups in total. The second kappa shape index (κ2) is 7.99. The maximum atomic E-state index is 13.0. The minimum atomic E-state index is -0.0827. The van der Waals surface area contributed by atoms with Gasteiger partial charge in [0.15, 0.2) is 0 Å². The number of H-pyrrole nitrogens is 1. The van der Waals surface area contributed by atoms with E-state index in [0.29, 0.717) is 42.6 Å². The van der Waals surface area contributed by atoms with Crippen molar-refractivity contribution >= 4 is 5.91 Å². The van der Waals surface area contributed by atoms with Gasteiger partial charge < -0.3 is 9.88 Å². The van der Waals surface area contributed by atoms with E-state index < -0.39 is 0 Å². The Kier molecular flexibility index (Phi) is 5.19. The molecular weight excluding hydrogens is 376 g/mol. The lowest BCUT2D eigenvalue weighted by molar-refractivity contribution is -0.152. The maximum Gasteiger partial charge on any atom is 0.251 e. The third-order valence-corrected chi connectivity index (χ3v) is 7.16. The van der Waals surface area contributed by atoms with Crippen LogP contribution < -0.4 is 5.56 Å². The zero-order valence-corrected chi connectivity index (χ0v) is 17.6. The van der Waals surface area contributed by atoms with Crippen molar-refractivity contribution in [1.29, 1.82) is 0 Å². The Morgan fingerprint density at radius 3 is 2.73 bits per heavy atom. The molecule has 158 valence electrons. The summed E-state index contributed by atoms with van der Waals surface area (Å²) in [5.41, 5.74) is 2.07. The maximum absolute atomic E-state index is 13.0. The van der Waals surface area contributed by atoms with Crippen LogP contribution >= 0.6 is 0 Å². The van der Waals surface area contributed by atoms with Crippen LogP contribution in [-0.4, -0.2) is 50.8 Å². The van der Waals surface area contributed by atoms with Gasteiger partial charge in [0.05, 0.1) is 5.69 Å². The first kappa shape index (κ1) is 19.5. The van der Waals surface area contributed by atoms with Crippen LogP contribution in [0.5, 0.6) is 0 Å². The summed E-state index contributed by atoms with van der Waals surface area (Å²) in [6.45, 7) is 4.47. The molecule has 4 heterocycles. The van der Waals surface area contributed by atoms with Crippen molar-refractivity contribution < 1.29 is 4.79 Å². The first-order valence-electron chi connectivity index (χ1n) is 11.2. The largest absolute Gasteiger partial charge is 0.336 e. The molecule has 3 fully saturated rings. The summed E-state index contributed by atoms with van der Waals surface area (Å²) in [6.07, 6.45) is 4.94. The molecule has 5 rings (SSSR count). The molecule has 1 aromatic carbocycles. The highest BCUT2D eigenvalue weighted by Gasteiger charge is 2.49. The fourth-order valence-corrected chi connectivity index (χ4v) is 6.07. The highest BCUT2D eigenvalue weighted by molar-refractivity contribution is 5.78. The van der Waals surface area contributed by atoms with Crippen LogP contribution in [0.15, 0.2) is 41.2 Å². The summed E-state index contributed by atoms with van der Waals surface area (Å²) in [7, 11) is 0. The van der Waals surface area contributed by atoms with E-state index in [1.807, 2.05) is 13.0 Å². The predicted molar refractivity (Wildman–Crippen MR) is 115 cm³/mol. The van der Waals surface area contributed by atoms with E-state index in [-0.39, 0.29) is 11.6 Å². The molecule has 0 aliphatic carbocycles. The number of benzene rings is 1. The van der Waals surface area contributed by atoms with E-state index in [4.69, 9.17) is 0 Å². The number of likely N-dealkylation sites (tertiary alicyclic amines) is 1. The lowest BCUT2D eigenvalue weighted by Gasteiger charge is -2.56. The summed E-state index contributed by atoms with van der Waals surface area (Å²) in [5, 5.41) is 0. The Labute approximate surface area is 177 Å². The zero-order chi connectivity index (χ0) is 20.7. The number of fused-ring (bicyclic) bond motifs is 4. The highest BCUT2D eigenvalue weighted by atomic mass is 16.2. The number of aromatic amines is 1. The first-order valence-corrected chi connectivity index (χ1v) is 11.2. The monoisotopic (exact) mass is 406 g/mol. The number of carbonyl (C=O) groups excluding carboxylic acids is 1. The van der Waals surface area contributed by atoms with Crippen LogP contribution in [0.2, 0.25) is 0 Å². The second-order valence-electron chi connectivity index (χ2n) is 9.29. The van der Waals surface area contributed by atoms with Gasteiger partial charge in [-0.1, -0.05) is 30.3 Å². The number of rotatable bonds is 4. The van der Waals surface area contributed by atoms with Gasteiger partial charge in [0.2, 0.25) is 5.91 Å². The summed E-state index contributed by atoms with van der Waals surface area (Å²) in [6, 6.07) is 12.8. The number of nitrogens with one attached hydrogen (secondary N) is 1. The number of hydrogen-bond donors (Lipinski definition) is 1. The van der Waals surface area contributed by atoms with Gasteiger partial charge >= 0.3 is 0 Å². The molecule has 3 aliphatic heterocycles. The van der Waals surface area contributed by atoms with Gasteiger partial charge in [-0.3, -0.25) is 14.5 Å². The normalized spacial score (nSPS) is 29.0. The summed E-state index contributed by atoms with van der Waals surface area (Å²) >= 11 is 0. The molecule has 30 heavy (non-hydrogen) atoms. The quantitative estimate of drug-likeness (QED) is 0.847. The van der Waals surface area contributed by atoms with E-state index in [9.17, 15) is 9.59 Å². The van der Waals surface area contributed by atoms with Gasteiger partial charge in [0, 0.05) is 44.2 Å². The lowest BCUT2D eigenvalue weighted by atomic mass is 9.70. The average Bonchev–Trinajstić information content (AvgIpc) is 2.71. The van der Waals surface area contributed by atoms with Crippen LogP contribution in [0.4, 0.5) is 0 Å². The van der Waals surface area contributed by atoms with E-state index in [1.54, 1.807) is 6.07 Å². The minimum Gasteiger partial charge on any atom is -0.336 e. The van der Waals surface area contributed by atoms with Crippen LogP contribution in [0, 0.1) is 18.8 Å². The van der Waals surface area contributed by atoms with Crippen LogP contribution in [0.1, 0.15) is 42.8 Å². The fourth-order valence-electron chi connectivity index (χ4n) is 6.07. The van der Waals surface area contributed by atoms with Gasteiger partial charge in [-0.15, -0.1) is 0 Å². The number of amides is 1. The molecule has 0 unspecified atom stereocenters. The molecule has 1 amide bonds. The Hall–Kier alpha value is -2.47. The highest BCUT2D eigenvalue weighted by Crippen LogP contribution is 2.42. The van der Waals surface area contributed by atoms with Gasteiger partial charge in [-0.25, -0.2) is 4.98 Å². The molecule has 6 heteroatoms. The molecule has 0 saturated carbocycles. The zero-order valence-electron chi connectivity index (χ0n) is 17.6. The summed E-state index contributed by atoms with van der Waals surface area (Å²) in [5.74, 6) is 2.00. The van der Waals surface area contributed by atoms with E-state index in [2.05, 4.69) is 44.0 Å². The molecule has 1 aromatic heterocycles. The smallest absolute Gasteiger partial charge is 0.251 e. The van der Waals surface area contributed by atoms with E-state index in [0.717, 1.165) is 38.0 Å². The van der Waals surface area contributed by atoms with Gasteiger partial charge in [-0.2, -0.15) is 0 Å². The number of aryl methyl sites for hydroxylation is 1. The second-order valence-corrected chi connectivity index (χ2v) is 9.29. The van der Waals surface area contributed by atoms with Crippen molar-refractivity contribution in [3.05, 3.63) is 63.8 Å². The minimum absolute atomic E-state index is 0.0827. The molecular formula is C24H30N4O2. The molecule has 0 spiro atoms. The number of piperidine rings is 3. The Balaban J connectivity index is 1.41. The Morgan fingerprint density at radius 1 is 1.13 bits per heavy atom. The standard InChI is InChI=1S/C24H30N4O2/c1-16-25-20(12-23(29)26-16)15-27-13-18-11-19(14-27)22(10-17-6-3-2-4-7-17)28-21(18)8-5-9-24(28)30/h2-4,6-7,12,18-19,21-22H,5,8-11,13-15H2,1H3,(H,25,26,29)/t18-,19+,21+,22+/m1/s1. The molecule has 4 atom stereocenters. The molecule has 2 bridgehead atoms. The third kappa shape index (κ3) is 3.81. The summed E-state index contributed by atoms with van der Waals surface area (Å²) in [4.78, 5) is 36.9. The third-order valence-electron chi connectivity index (χ3n) is 7.16. The molecule has 2 aromatic rings. The Bertz CT molecular complexity index is 973. The van der Waals surface area contributed by atoms with Crippen LogP contribution in [0.25, 0.3) is 0 Å². The van der Waals surface area contributed by atoms with Crippen molar-refractivity contribution in [2.75, 3.05) is 13.1 Å². The van der Waals surface area contributed by atoms with Crippen molar-refractivity contribution in [3.8, 4) is 0 Å². The van der Waals surface area contributed by atoms with Crippen molar-refractivity contribution in [3.63, 3.8) is 0 Å². The molecule has 3 aliphatic rings. The van der Waals surface area contributed by atoms with Crippen molar-refractivity contribution in [1.82, 2.24) is 19.8 Å². The van der Waals surface area contributed by atoms with Crippen LogP contribution in [-0.2, 0) is 17.8 Å². The van der Waals surface area contributed by atoms with Crippen molar-refractivity contribution in [2.45, 2.75) is 57.7 Å². The number of hydrogen-bond acceptors (Lipinski definition) is 4. The summed E-state index contributed by atoms with van der Waals surface area (Å²) < 4.78 is 0. The van der Waals surface area contributed by atoms with Gasteiger partial charge in [0.1, 0.15) is 5.82 Å². The van der Waals surface area contributed by atoms with Crippen molar-refractivity contribution in [2.24, 2.45) is 11.8 Å². The first-order chi connectivity index (χ1) is 14.6. The predicted octanol–water partition coefficient (Wildman–Crippen LogP) is 2.52. The van der Waals surface area contributed by atoms with Crippen LogP contribution in [0.3, 0.4) is 0 Å². The molecule has 3 saturated heterocycles. The fraction of sp³-hybridized carbons (Fsp3) is 0.542. The molecule has 6 nitrogen and oxygen atoms in total. The Morgan fingerprint density at radius 2 is 1.93 bits per heavy atom. The number of nitrogens with zero attached hydrogens (tertiary/aromatic N) is 3. The molecule has 0 radical (unpaired) electrons. The number of carbonyl (C=O) groups is 1. The van der Waals surface area contributed by atoms with Gasteiger partial charge in [-0.05, 0) is 50.0 Å². The van der Waals surface area contributed by atoms with E-state index >= 15 is 0 Å².